The molecule has 5 nitrogen and oxygen atoms in total. The Balaban J connectivity index is 2.66. The van der Waals surface area contributed by atoms with Crippen LogP contribution in [0.25, 0.3) is 0 Å². The Labute approximate surface area is 102 Å². The van der Waals surface area contributed by atoms with E-state index in [-0.39, 0.29) is 24.4 Å². The van der Waals surface area contributed by atoms with Crippen LogP contribution in [0.1, 0.15) is 33.1 Å². The zero-order valence-electron chi connectivity index (χ0n) is 10.5. The van der Waals surface area contributed by atoms with Gasteiger partial charge in [-0.05, 0) is 26.2 Å². The lowest BCUT2D eigenvalue weighted by Gasteiger charge is -2.32. The number of hydrogen-bond acceptors (Lipinski definition) is 3. The second-order valence-electron chi connectivity index (χ2n) is 4.50. The first-order valence-electron chi connectivity index (χ1n) is 6.16. The van der Waals surface area contributed by atoms with Crippen LogP contribution in [0.4, 0.5) is 0 Å². The summed E-state index contributed by atoms with van der Waals surface area (Å²) in [6.45, 7) is 4.83. The van der Waals surface area contributed by atoms with Crippen molar-refractivity contribution in [2.24, 2.45) is 5.92 Å². The lowest BCUT2D eigenvalue weighted by molar-refractivity contribution is -0.149. The Morgan fingerprint density at radius 3 is 2.47 bits per heavy atom. The van der Waals surface area contributed by atoms with Gasteiger partial charge in [-0.2, -0.15) is 0 Å². The third-order valence-electron chi connectivity index (χ3n) is 3.28. The lowest BCUT2D eigenvalue weighted by atomic mass is 9.97. The highest BCUT2D eigenvalue weighted by Gasteiger charge is 2.29. The summed E-state index contributed by atoms with van der Waals surface area (Å²) in [6.07, 6.45) is 2.17. The van der Waals surface area contributed by atoms with E-state index in [2.05, 4.69) is 0 Å². The number of nitrogens with zero attached hydrogens (tertiary/aromatic N) is 1. The molecule has 0 aliphatic carbocycles. The van der Waals surface area contributed by atoms with E-state index in [1.807, 2.05) is 13.8 Å². The van der Waals surface area contributed by atoms with E-state index >= 15 is 0 Å². The predicted octanol–water partition coefficient (Wildman–Crippen LogP) is 1.12. The molecule has 1 N–H and O–H groups in total. The molecule has 17 heavy (non-hydrogen) atoms. The SMILES string of the molecule is CCC(C)N(CC(=O)O)C(=O)C1CCOCC1. The van der Waals surface area contributed by atoms with Crippen LogP contribution in [-0.2, 0) is 14.3 Å². The number of hydrogen-bond donors (Lipinski definition) is 1. The van der Waals surface area contributed by atoms with E-state index in [4.69, 9.17) is 9.84 Å². The maximum atomic E-state index is 12.2. The van der Waals surface area contributed by atoms with Gasteiger partial charge in [0.2, 0.25) is 5.91 Å². The van der Waals surface area contributed by atoms with E-state index in [0.717, 1.165) is 6.42 Å². The normalized spacial score (nSPS) is 18.7. The van der Waals surface area contributed by atoms with Crippen molar-refractivity contribution in [1.82, 2.24) is 4.90 Å². The second-order valence-corrected chi connectivity index (χ2v) is 4.50. The van der Waals surface area contributed by atoms with E-state index < -0.39 is 5.97 Å². The molecule has 1 heterocycles. The van der Waals surface area contributed by atoms with Gasteiger partial charge in [0, 0.05) is 25.2 Å². The van der Waals surface area contributed by atoms with Crippen molar-refractivity contribution < 1.29 is 19.4 Å². The van der Waals surface area contributed by atoms with Crippen molar-refractivity contribution >= 4 is 11.9 Å². The predicted molar refractivity (Wildman–Crippen MR) is 62.6 cm³/mol. The van der Waals surface area contributed by atoms with Crippen LogP contribution in [-0.4, -0.2) is 47.7 Å². The number of carboxylic acids is 1. The zero-order chi connectivity index (χ0) is 12.8. The van der Waals surface area contributed by atoms with E-state index in [0.29, 0.717) is 26.1 Å². The summed E-state index contributed by atoms with van der Waals surface area (Å²) in [5.74, 6) is -1.06. The first kappa shape index (κ1) is 14.0. The number of carboxylic acid groups (broad SMARTS) is 1. The molecule has 0 bridgehead atoms. The molecule has 1 atom stereocenters. The van der Waals surface area contributed by atoms with E-state index in [1.54, 1.807) is 0 Å². The smallest absolute Gasteiger partial charge is 0.323 e. The van der Waals surface area contributed by atoms with Crippen molar-refractivity contribution in [3.8, 4) is 0 Å². The molecule has 0 aromatic rings. The first-order chi connectivity index (χ1) is 8.06. The van der Waals surface area contributed by atoms with Crippen molar-refractivity contribution in [1.29, 1.82) is 0 Å². The van der Waals surface area contributed by atoms with Crippen molar-refractivity contribution in [3.05, 3.63) is 0 Å². The highest BCUT2D eigenvalue weighted by atomic mass is 16.5. The van der Waals surface area contributed by atoms with Crippen LogP contribution in [0.2, 0.25) is 0 Å². The maximum Gasteiger partial charge on any atom is 0.323 e. The Bertz CT molecular complexity index is 274. The van der Waals surface area contributed by atoms with E-state index in [9.17, 15) is 9.59 Å². The van der Waals surface area contributed by atoms with Gasteiger partial charge in [-0.1, -0.05) is 6.92 Å². The molecule has 1 rings (SSSR count). The molecule has 5 heteroatoms. The molecule has 98 valence electrons. The topological polar surface area (TPSA) is 66.8 Å². The summed E-state index contributed by atoms with van der Waals surface area (Å²) < 4.78 is 5.21. The standard InChI is InChI=1S/C12H21NO4/c1-3-9(2)13(8-11(14)15)12(16)10-4-6-17-7-5-10/h9-10H,3-8H2,1-2H3,(H,14,15). The fourth-order valence-electron chi connectivity index (χ4n) is 2.00. The van der Waals surface area contributed by atoms with Gasteiger partial charge in [0.05, 0.1) is 0 Å². The molecule has 0 radical (unpaired) electrons. The van der Waals surface area contributed by atoms with Crippen LogP contribution in [0.3, 0.4) is 0 Å². The number of rotatable bonds is 5. The minimum atomic E-state index is -0.953. The lowest BCUT2D eigenvalue weighted by Crippen LogP contribution is -2.46. The molecular weight excluding hydrogens is 222 g/mol. The number of carbonyl (C=O) groups excluding carboxylic acids is 1. The molecule has 1 amide bonds. The van der Waals surface area contributed by atoms with Gasteiger partial charge in [-0.25, -0.2) is 0 Å². The zero-order valence-corrected chi connectivity index (χ0v) is 10.5. The largest absolute Gasteiger partial charge is 0.480 e. The number of carbonyl (C=O) groups is 2. The van der Waals surface area contributed by atoms with Crippen molar-refractivity contribution in [3.63, 3.8) is 0 Å². The Kier molecular flexibility index (Phi) is 5.41. The fraction of sp³-hybridized carbons (Fsp3) is 0.833. The molecule has 1 saturated heterocycles. The summed E-state index contributed by atoms with van der Waals surface area (Å²) in [7, 11) is 0. The van der Waals surface area contributed by atoms with E-state index in [1.165, 1.54) is 4.90 Å². The molecule has 0 aromatic heterocycles. The molecule has 1 unspecified atom stereocenters. The number of amides is 1. The third-order valence-corrected chi connectivity index (χ3v) is 3.28. The fourth-order valence-corrected chi connectivity index (χ4v) is 2.00. The number of aliphatic carboxylic acids is 1. The minimum absolute atomic E-state index is 0.0264. The van der Waals surface area contributed by atoms with Crippen LogP contribution in [0, 0.1) is 5.92 Å². The molecule has 1 aliphatic heterocycles. The van der Waals surface area contributed by atoms with Gasteiger partial charge in [0.1, 0.15) is 6.54 Å². The molecule has 0 spiro atoms. The Hall–Kier alpha value is -1.10. The minimum Gasteiger partial charge on any atom is -0.480 e. The highest BCUT2D eigenvalue weighted by Crippen LogP contribution is 2.19. The molecular formula is C12H21NO4. The molecule has 0 aromatic carbocycles. The first-order valence-corrected chi connectivity index (χ1v) is 6.16. The Morgan fingerprint density at radius 2 is 2.00 bits per heavy atom. The summed E-state index contributed by atoms with van der Waals surface area (Å²) in [6, 6.07) is -0.0264. The summed E-state index contributed by atoms with van der Waals surface area (Å²) >= 11 is 0. The van der Waals surface area contributed by atoms with Crippen LogP contribution in [0.5, 0.6) is 0 Å². The quantitative estimate of drug-likeness (QED) is 0.786. The highest BCUT2D eigenvalue weighted by molar-refractivity contribution is 5.83. The average molecular weight is 243 g/mol. The van der Waals surface area contributed by atoms with Crippen molar-refractivity contribution in [2.75, 3.05) is 19.8 Å². The van der Waals surface area contributed by atoms with Gasteiger partial charge >= 0.3 is 5.97 Å². The maximum absolute atomic E-state index is 12.2. The van der Waals surface area contributed by atoms with Gasteiger partial charge in [-0.15, -0.1) is 0 Å². The van der Waals surface area contributed by atoms with Gasteiger partial charge in [0.15, 0.2) is 0 Å². The van der Waals surface area contributed by atoms with Gasteiger partial charge in [-0.3, -0.25) is 9.59 Å². The third kappa shape index (κ3) is 4.00. The average Bonchev–Trinajstić information content (AvgIpc) is 2.35. The van der Waals surface area contributed by atoms with Gasteiger partial charge in [0.25, 0.3) is 0 Å². The summed E-state index contributed by atoms with van der Waals surface area (Å²) in [5, 5.41) is 8.86. The van der Waals surface area contributed by atoms with Crippen LogP contribution >= 0.6 is 0 Å². The molecule has 0 saturated carbocycles. The van der Waals surface area contributed by atoms with Crippen molar-refractivity contribution in [2.45, 2.75) is 39.2 Å². The summed E-state index contributed by atoms with van der Waals surface area (Å²) in [5.41, 5.74) is 0. The molecule has 1 fully saturated rings. The number of ether oxygens (including phenoxy) is 1. The van der Waals surface area contributed by atoms with Crippen LogP contribution < -0.4 is 0 Å². The van der Waals surface area contributed by atoms with Gasteiger partial charge < -0.3 is 14.7 Å². The Morgan fingerprint density at radius 1 is 1.41 bits per heavy atom. The summed E-state index contributed by atoms with van der Waals surface area (Å²) in [4.78, 5) is 24.5. The molecule has 1 aliphatic rings. The second kappa shape index (κ2) is 6.59. The monoisotopic (exact) mass is 243 g/mol. The van der Waals surface area contributed by atoms with Crippen LogP contribution in [0.15, 0.2) is 0 Å².